The molecule has 370 valence electrons. The van der Waals surface area contributed by atoms with Crippen molar-refractivity contribution in [2.45, 2.75) is 36.5 Å². The third-order valence-corrected chi connectivity index (χ3v) is 12.4. The van der Waals surface area contributed by atoms with Gasteiger partial charge in [0.2, 0.25) is 33.0 Å². The molecule has 0 fully saturated rings. The highest BCUT2D eigenvalue weighted by Gasteiger charge is 2.25. The molecule has 2 aromatic heterocycles. The molecule has 0 aliphatic rings. The second-order valence-corrected chi connectivity index (χ2v) is 19.2. The lowest BCUT2D eigenvalue weighted by Crippen LogP contribution is -2.01. The zero-order valence-electron chi connectivity index (χ0n) is 37.0. The minimum atomic E-state index is -4.99. The average Bonchev–Trinajstić information content (AvgIpc) is 3.31. The minimum absolute atomic E-state index is 0.0115. The first-order valence-corrected chi connectivity index (χ1v) is 25.3. The Morgan fingerprint density at radius 1 is 0.514 bits per heavy atom. The number of hydrogen-bond acceptors (Lipinski definition) is 20. The number of ether oxygens (including phenoxy) is 2. The fourth-order valence-corrected chi connectivity index (χ4v) is 8.93. The largest absolute Gasteiger partial charge is 0.505 e. The van der Waals surface area contributed by atoms with Crippen LogP contribution in [0, 0.1) is 0 Å². The number of rotatable bonds is 17. The molecule has 0 radical (unpaired) electrons. The molecular weight excluding hydrogens is 1060 g/mol. The van der Waals surface area contributed by atoms with Crippen LogP contribution in [-0.2, 0) is 20.2 Å². The molecule has 2 heterocycles. The van der Waals surface area contributed by atoms with Crippen molar-refractivity contribution in [3.63, 3.8) is 0 Å². The zero-order valence-corrected chi connectivity index (χ0v) is 41.6. The standard InChI is InChI=1S/C44H34Cl4N12O10S2/c1-3-13-69-31-17-21(5-11-29(31)57-59-35-33(71(63,64)65)19-23-15-25(7-9-27(23)37(35)61)49-43-53-39(45)51-40(46)54-43)22-6-12-30(32(18-22)70-14-4-2)58-60-36-34(72(66,67)68)20-24-16-26(8-10-28(24)38(36)62)50-44-55-41(47)52-42(48)56-44/h5-12,15-20,61-62H,3-4,13-14H2,1-2H3,(H,63,64,65)(H,66,67,68)(H,49,51,53,54)(H,50,52,55,56). The SMILES string of the molecule is CCCOc1cc(-c2ccc(N=Nc3c(S(=O)(=O)O)cc4cc(Nc5nc(Cl)nc(Cl)n5)ccc4c3O)c(OCCC)c2)ccc1N=Nc1c(S(=O)(=O)O)cc2cc(Nc3nc(Cl)nc(Cl)n3)ccc2c1O. The van der Waals surface area contributed by atoms with Gasteiger partial charge in [-0.3, -0.25) is 9.11 Å². The van der Waals surface area contributed by atoms with E-state index in [0.29, 0.717) is 35.3 Å². The zero-order chi connectivity index (χ0) is 51.5. The Labute approximate surface area is 428 Å². The molecule has 0 atom stereocenters. The van der Waals surface area contributed by atoms with Gasteiger partial charge in [-0.05, 0) is 154 Å². The summed E-state index contributed by atoms with van der Waals surface area (Å²) in [5.74, 6) is -0.798. The lowest BCUT2D eigenvalue weighted by atomic mass is 10.0. The molecule has 0 unspecified atom stereocenters. The van der Waals surface area contributed by atoms with Gasteiger partial charge in [-0.2, -0.15) is 46.7 Å². The van der Waals surface area contributed by atoms with E-state index in [1.165, 1.54) is 36.4 Å². The number of nitrogens with zero attached hydrogens (tertiary/aromatic N) is 10. The first-order valence-electron chi connectivity index (χ1n) is 20.9. The van der Waals surface area contributed by atoms with Gasteiger partial charge in [0.25, 0.3) is 20.2 Å². The van der Waals surface area contributed by atoms with Crippen LogP contribution in [0.3, 0.4) is 0 Å². The van der Waals surface area contributed by atoms with Crippen LogP contribution < -0.4 is 20.1 Å². The van der Waals surface area contributed by atoms with E-state index >= 15 is 0 Å². The molecule has 6 aromatic carbocycles. The summed E-state index contributed by atoms with van der Waals surface area (Å²) in [6.07, 6.45) is 1.19. The van der Waals surface area contributed by atoms with Crippen LogP contribution in [0.5, 0.6) is 23.0 Å². The number of halogens is 4. The summed E-state index contributed by atoms with van der Waals surface area (Å²) in [6.45, 7) is 4.25. The van der Waals surface area contributed by atoms with Gasteiger partial charge >= 0.3 is 0 Å². The van der Waals surface area contributed by atoms with Gasteiger partial charge in [-0.25, -0.2) is 0 Å². The normalized spacial score (nSPS) is 12.1. The summed E-state index contributed by atoms with van der Waals surface area (Å²) in [5, 5.41) is 45.1. The minimum Gasteiger partial charge on any atom is -0.505 e. The van der Waals surface area contributed by atoms with Crippen LogP contribution in [0.15, 0.2) is 115 Å². The number of hydrogen-bond donors (Lipinski definition) is 6. The van der Waals surface area contributed by atoms with Crippen molar-refractivity contribution in [2.75, 3.05) is 23.8 Å². The predicted molar refractivity (Wildman–Crippen MR) is 269 cm³/mol. The lowest BCUT2D eigenvalue weighted by Gasteiger charge is -2.13. The highest BCUT2D eigenvalue weighted by molar-refractivity contribution is 7.86. The number of fused-ring (bicyclic) bond motifs is 2. The average molecular weight is 1100 g/mol. The number of benzene rings is 6. The Bertz CT molecular complexity index is 3460. The van der Waals surface area contributed by atoms with Crippen molar-refractivity contribution < 1.29 is 45.6 Å². The molecule has 8 aromatic rings. The maximum atomic E-state index is 12.7. The smallest absolute Gasteiger partial charge is 0.296 e. The van der Waals surface area contributed by atoms with Crippen molar-refractivity contribution in [2.24, 2.45) is 20.5 Å². The lowest BCUT2D eigenvalue weighted by molar-refractivity contribution is 0.318. The van der Waals surface area contributed by atoms with Crippen molar-refractivity contribution in [3.8, 4) is 34.1 Å². The Hall–Kier alpha value is -7.16. The molecule has 0 amide bonds. The summed E-state index contributed by atoms with van der Waals surface area (Å²) in [7, 11) is -9.98. The maximum Gasteiger partial charge on any atom is 0.296 e. The van der Waals surface area contributed by atoms with E-state index in [2.05, 4.69) is 61.0 Å². The van der Waals surface area contributed by atoms with E-state index in [9.17, 15) is 36.2 Å². The van der Waals surface area contributed by atoms with Gasteiger partial charge in [-0.15, -0.1) is 20.5 Å². The van der Waals surface area contributed by atoms with Crippen LogP contribution in [0.1, 0.15) is 26.7 Å². The molecule has 0 aliphatic carbocycles. The molecule has 22 nitrogen and oxygen atoms in total. The molecule has 28 heteroatoms. The summed E-state index contributed by atoms with van der Waals surface area (Å²) in [4.78, 5) is 21.6. The van der Waals surface area contributed by atoms with Crippen LogP contribution in [0.25, 0.3) is 32.7 Å². The van der Waals surface area contributed by atoms with E-state index in [1.807, 2.05) is 13.8 Å². The molecule has 6 N–H and O–H groups in total. The van der Waals surface area contributed by atoms with E-state index in [0.717, 1.165) is 12.1 Å². The van der Waals surface area contributed by atoms with Crippen LogP contribution in [0.2, 0.25) is 21.1 Å². The van der Waals surface area contributed by atoms with E-state index < -0.39 is 52.9 Å². The van der Waals surface area contributed by atoms with Gasteiger partial charge in [0.1, 0.15) is 44.0 Å². The number of phenols is 2. The Balaban J connectivity index is 1.11. The summed E-state index contributed by atoms with van der Waals surface area (Å²) < 4.78 is 83.5. The highest BCUT2D eigenvalue weighted by Crippen LogP contribution is 2.46. The molecule has 8 rings (SSSR count). The van der Waals surface area contributed by atoms with Crippen molar-refractivity contribution in [3.05, 3.63) is 106 Å². The molecule has 0 saturated carbocycles. The van der Waals surface area contributed by atoms with Crippen LogP contribution in [-0.4, -0.2) is 79.3 Å². The summed E-state index contributed by atoms with van der Waals surface area (Å²) in [5.41, 5.74) is 1.01. The van der Waals surface area contributed by atoms with Gasteiger partial charge in [0.05, 0.1) is 13.2 Å². The van der Waals surface area contributed by atoms with Crippen LogP contribution >= 0.6 is 46.4 Å². The summed E-state index contributed by atoms with van der Waals surface area (Å²) >= 11 is 23.5. The second kappa shape index (κ2) is 21.3. The molecular formula is C44H34Cl4N12O10S2. The van der Waals surface area contributed by atoms with Gasteiger partial charge in [-0.1, -0.05) is 26.0 Å². The Morgan fingerprint density at radius 2 is 0.889 bits per heavy atom. The fraction of sp³-hybridized carbons (Fsp3) is 0.136. The first kappa shape index (κ1) is 51.2. The van der Waals surface area contributed by atoms with E-state index in [4.69, 9.17) is 55.9 Å². The fourth-order valence-electron chi connectivity index (χ4n) is 6.88. The van der Waals surface area contributed by atoms with Crippen molar-refractivity contribution >= 4 is 134 Å². The molecule has 0 aliphatic heterocycles. The predicted octanol–water partition coefficient (Wildman–Crippen LogP) is 12.4. The number of nitrogens with one attached hydrogen (secondary N) is 2. The van der Waals surface area contributed by atoms with Gasteiger partial charge in [0, 0.05) is 22.1 Å². The quantitative estimate of drug-likeness (QED) is 0.0364. The highest BCUT2D eigenvalue weighted by atomic mass is 35.5. The number of aromatic nitrogens is 6. The first-order chi connectivity index (χ1) is 34.3. The Kier molecular flexibility index (Phi) is 15.1. The monoisotopic (exact) mass is 1090 g/mol. The molecule has 0 spiro atoms. The van der Waals surface area contributed by atoms with Gasteiger partial charge < -0.3 is 30.3 Å². The number of anilines is 4. The number of aromatic hydroxyl groups is 2. The third kappa shape index (κ3) is 11.8. The topological polar surface area (TPSA) is 318 Å². The van der Waals surface area contributed by atoms with Crippen molar-refractivity contribution in [1.82, 2.24) is 29.9 Å². The second-order valence-electron chi connectivity index (χ2n) is 15.1. The number of azo groups is 2. The molecule has 0 saturated heterocycles. The molecule has 72 heavy (non-hydrogen) atoms. The van der Waals surface area contributed by atoms with E-state index in [-0.39, 0.29) is 90.7 Å². The maximum absolute atomic E-state index is 12.7. The van der Waals surface area contributed by atoms with Crippen LogP contribution in [0.4, 0.5) is 46.0 Å². The third-order valence-electron chi connectivity index (χ3n) is 10.0. The number of phenolic OH excluding ortho intramolecular Hbond substituents is 2. The van der Waals surface area contributed by atoms with Gasteiger partial charge in [0.15, 0.2) is 11.5 Å². The molecule has 0 bridgehead atoms. The van der Waals surface area contributed by atoms with Crippen molar-refractivity contribution in [1.29, 1.82) is 0 Å². The van der Waals surface area contributed by atoms with E-state index in [1.54, 1.807) is 36.4 Å². The Morgan fingerprint density at radius 3 is 1.24 bits per heavy atom. The summed E-state index contributed by atoms with van der Waals surface area (Å²) in [6, 6.07) is 20.9.